The van der Waals surface area contributed by atoms with Crippen molar-refractivity contribution in [1.29, 1.82) is 0 Å². The smallest absolute Gasteiger partial charge is 0.341 e. The van der Waals surface area contributed by atoms with E-state index in [-0.39, 0.29) is 29.3 Å². The largest absolute Gasteiger partial charge is 0.461 e. The van der Waals surface area contributed by atoms with Gasteiger partial charge in [0, 0.05) is 6.07 Å². The first-order valence-electron chi connectivity index (χ1n) is 5.66. The predicted octanol–water partition coefficient (Wildman–Crippen LogP) is 2.35. The van der Waals surface area contributed by atoms with Crippen molar-refractivity contribution < 1.29 is 19.2 Å². The number of nitro benzene ring substituents is 1. The molecule has 0 saturated heterocycles. The Balaban J connectivity index is 3.18. The van der Waals surface area contributed by atoms with Crippen molar-refractivity contribution in [3.63, 3.8) is 0 Å². The normalized spacial score (nSPS) is 11.0. The predicted molar refractivity (Wildman–Crippen MR) is 73.4 cm³/mol. The molecular formula is C13H12ClNO5. The molecule has 0 saturated carbocycles. The summed E-state index contributed by atoms with van der Waals surface area (Å²) in [4.78, 5) is 33.4. The van der Waals surface area contributed by atoms with Crippen molar-refractivity contribution in [2.75, 3.05) is 12.5 Å². The lowest BCUT2D eigenvalue weighted by atomic mass is 10.1. The number of para-hydroxylation sites is 1. The summed E-state index contributed by atoms with van der Waals surface area (Å²) < 4.78 is 4.76. The van der Waals surface area contributed by atoms with E-state index in [1.807, 2.05) is 0 Å². The number of nitro groups is 1. The second kappa shape index (κ2) is 7.40. The van der Waals surface area contributed by atoms with Crippen LogP contribution < -0.4 is 0 Å². The van der Waals surface area contributed by atoms with Gasteiger partial charge in [0.05, 0.1) is 16.4 Å². The van der Waals surface area contributed by atoms with Gasteiger partial charge in [-0.15, -0.1) is 11.6 Å². The van der Waals surface area contributed by atoms with Crippen LogP contribution in [0, 0.1) is 10.1 Å². The zero-order valence-electron chi connectivity index (χ0n) is 10.7. The van der Waals surface area contributed by atoms with Crippen molar-refractivity contribution in [2.24, 2.45) is 0 Å². The first-order valence-corrected chi connectivity index (χ1v) is 6.20. The van der Waals surface area contributed by atoms with Crippen LogP contribution in [0.25, 0.3) is 6.08 Å². The molecular weight excluding hydrogens is 286 g/mol. The van der Waals surface area contributed by atoms with Crippen molar-refractivity contribution in [3.05, 3.63) is 45.5 Å². The quantitative estimate of drug-likeness (QED) is 0.153. The minimum Gasteiger partial charge on any atom is -0.461 e. The fourth-order valence-electron chi connectivity index (χ4n) is 1.44. The Labute approximate surface area is 120 Å². The summed E-state index contributed by atoms with van der Waals surface area (Å²) in [5.74, 6) is -1.29. The van der Waals surface area contributed by atoms with Crippen molar-refractivity contribution in [3.8, 4) is 0 Å². The lowest BCUT2D eigenvalue weighted by Crippen LogP contribution is -2.15. The maximum atomic E-state index is 11.7. The Morgan fingerprint density at radius 1 is 1.40 bits per heavy atom. The number of benzene rings is 1. The third-order valence-corrected chi connectivity index (χ3v) is 2.50. The van der Waals surface area contributed by atoms with Crippen LogP contribution in [0.1, 0.15) is 12.5 Å². The van der Waals surface area contributed by atoms with E-state index in [0.29, 0.717) is 0 Å². The number of rotatable bonds is 6. The van der Waals surface area contributed by atoms with Crippen molar-refractivity contribution in [2.45, 2.75) is 6.92 Å². The van der Waals surface area contributed by atoms with Crippen molar-refractivity contribution in [1.82, 2.24) is 0 Å². The van der Waals surface area contributed by atoms with Crippen LogP contribution >= 0.6 is 11.6 Å². The average molecular weight is 298 g/mol. The standard InChI is InChI=1S/C13H12ClNO5/c1-9(16)11(13(17)20-7-6-14)8-10-4-2-3-5-12(10)15(18)19/h2-5,8H,6-7H2,1H3/b11-8-. The number of carbonyl (C=O) groups is 2. The number of ether oxygens (including phenoxy) is 1. The SMILES string of the molecule is CC(=O)/C(=C/c1ccccc1[N+](=O)[O-])C(=O)OCCCl. The topological polar surface area (TPSA) is 86.5 Å². The monoisotopic (exact) mass is 297 g/mol. The second-order valence-electron chi connectivity index (χ2n) is 3.76. The Hall–Kier alpha value is -2.21. The Kier molecular flexibility index (Phi) is 5.86. The molecule has 6 nitrogen and oxygen atoms in total. The summed E-state index contributed by atoms with van der Waals surface area (Å²) in [5, 5.41) is 10.9. The molecule has 0 aliphatic rings. The Morgan fingerprint density at radius 2 is 2.05 bits per heavy atom. The highest BCUT2D eigenvalue weighted by atomic mass is 35.5. The van der Waals surface area contributed by atoms with Gasteiger partial charge >= 0.3 is 5.97 Å². The van der Waals surface area contributed by atoms with E-state index in [1.165, 1.54) is 25.1 Å². The molecule has 1 rings (SSSR count). The van der Waals surface area contributed by atoms with Crippen molar-refractivity contribution >= 4 is 35.1 Å². The number of hydrogen-bond donors (Lipinski definition) is 0. The molecule has 0 heterocycles. The maximum absolute atomic E-state index is 11.7. The highest BCUT2D eigenvalue weighted by Gasteiger charge is 2.19. The van der Waals surface area contributed by atoms with Gasteiger partial charge in [0.15, 0.2) is 5.78 Å². The molecule has 7 heteroatoms. The summed E-state index contributed by atoms with van der Waals surface area (Å²) in [7, 11) is 0. The fourth-order valence-corrected chi connectivity index (χ4v) is 1.52. The van der Waals surface area contributed by atoms with Gasteiger partial charge in [-0.25, -0.2) is 4.79 Å². The number of nitrogens with zero attached hydrogens (tertiary/aromatic N) is 1. The molecule has 1 aromatic carbocycles. The lowest BCUT2D eigenvalue weighted by Gasteiger charge is -2.04. The minimum atomic E-state index is -0.851. The molecule has 0 aromatic heterocycles. The van der Waals surface area contributed by atoms with E-state index < -0.39 is 16.7 Å². The molecule has 0 bridgehead atoms. The summed E-state index contributed by atoms with van der Waals surface area (Å²) >= 11 is 5.39. The summed E-state index contributed by atoms with van der Waals surface area (Å²) in [5.41, 5.74) is -0.300. The average Bonchev–Trinajstić information content (AvgIpc) is 2.42. The highest BCUT2D eigenvalue weighted by molar-refractivity contribution is 6.20. The zero-order valence-corrected chi connectivity index (χ0v) is 11.4. The first kappa shape index (κ1) is 15.8. The molecule has 0 aliphatic heterocycles. The van der Waals surface area contributed by atoms with Gasteiger partial charge in [0.1, 0.15) is 12.2 Å². The van der Waals surface area contributed by atoms with Gasteiger partial charge in [-0.05, 0) is 19.1 Å². The number of alkyl halides is 1. The molecule has 0 radical (unpaired) electrons. The molecule has 0 spiro atoms. The van der Waals surface area contributed by atoms with E-state index >= 15 is 0 Å². The van der Waals surface area contributed by atoms with Crippen LogP contribution in [-0.2, 0) is 14.3 Å². The number of Topliss-reactive ketones (excluding diaryl/α,β-unsaturated/α-hetero) is 1. The highest BCUT2D eigenvalue weighted by Crippen LogP contribution is 2.21. The first-order chi connectivity index (χ1) is 9.47. The minimum absolute atomic E-state index is 0.0398. The maximum Gasteiger partial charge on any atom is 0.341 e. The molecule has 0 aliphatic carbocycles. The van der Waals surface area contributed by atoms with E-state index in [4.69, 9.17) is 16.3 Å². The van der Waals surface area contributed by atoms with Crippen LogP contribution in [0.4, 0.5) is 5.69 Å². The Bertz CT molecular complexity index is 568. The van der Waals surface area contributed by atoms with E-state index in [1.54, 1.807) is 6.07 Å². The fraction of sp³-hybridized carbons (Fsp3) is 0.231. The third kappa shape index (κ3) is 4.17. The second-order valence-corrected chi connectivity index (χ2v) is 4.13. The van der Waals surface area contributed by atoms with Crippen LogP contribution in [0.15, 0.2) is 29.8 Å². The third-order valence-electron chi connectivity index (χ3n) is 2.34. The number of carbonyl (C=O) groups excluding carboxylic acids is 2. The molecule has 0 atom stereocenters. The molecule has 0 N–H and O–H groups in total. The van der Waals surface area contributed by atoms with Gasteiger partial charge in [-0.1, -0.05) is 12.1 Å². The summed E-state index contributed by atoms with van der Waals surface area (Å²) in [6.45, 7) is 1.14. The lowest BCUT2D eigenvalue weighted by molar-refractivity contribution is -0.385. The zero-order chi connectivity index (χ0) is 15.1. The number of esters is 1. The number of hydrogen-bond acceptors (Lipinski definition) is 5. The van der Waals surface area contributed by atoms with Gasteiger partial charge in [-0.2, -0.15) is 0 Å². The van der Waals surface area contributed by atoms with Crippen LogP contribution in [0.3, 0.4) is 0 Å². The van der Waals surface area contributed by atoms with Crippen LogP contribution in [0.2, 0.25) is 0 Å². The molecule has 0 unspecified atom stereocenters. The molecule has 0 fully saturated rings. The number of ketones is 1. The van der Waals surface area contributed by atoms with Crippen LogP contribution in [0.5, 0.6) is 0 Å². The molecule has 0 amide bonds. The van der Waals surface area contributed by atoms with Gasteiger partial charge < -0.3 is 4.74 Å². The molecule has 20 heavy (non-hydrogen) atoms. The van der Waals surface area contributed by atoms with Gasteiger partial charge in [0.25, 0.3) is 5.69 Å². The molecule has 1 aromatic rings. The van der Waals surface area contributed by atoms with E-state index in [9.17, 15) is 19.7 Å². The van der Waals surface area contributed by atoms with Gasteiger partial charge in [0.2, 0.25) is 0 Å². The summed E-state index contributed by atoms with van der Waals surface area (Å²) in [6, 6.07) is 5.79. The number of halogens is 1. The Morgan fingerprint density at radius 3 is 2.60 bits per heavy atom. The molecule has 106 valence electrons. The van der Waals surface area contributed by atoms with Gasteiger partial charge in [-0.3, -0.25) is 14.9 Å². The summed E-state index contributed by atoms with van der Waals surface area (Å²) in [6.07, 6.45) is 1.15. The van der Waals surface area contributed by atoms with E-state index in [2.05, 4.69) is 0 Å². The van der Waals surface area contributed by atoms with Crippen LogP contribution in [-0.4, -0.2) is 29.2 Å². The van der Waals surface area contributed by atoms with E-state index in [0.717, 1.165) is 6.08 Å².